The van der Waals surface area contributed by atoms with Gasteiger partial charge in [-0.15, -0.1) is 11.3 Å². The molecule has 2 aromatic heterocycles. The molecule has 0 aliphatic carbocycles. The lowest BCUT2D eigenvalue weighted by molar-refractivity contribution is 0.299. The first-order valence-electron chi connectivity index (χ1n) is 5.29. The molecule has 0 spiro atoms. The van der Waals surface area contributed by atoms with Gasteiger partial charge < -0.3 is 10.1 Å². The highest BCUT2D eigenvalue weighted by Gasteiger charge is 2.09. The van der Waals surface area contributed by atoms with E-state index < -0.39 is 0 Å². The maximum atomic E-state index is 11.8. The minimum Gasteiger partial charge on any atom is -0.396 e. The molecule has 2 N–H and O–H groups in total. The Morgan fingerprint density at radius 3 is 3.12 bits per heavy atom. The van der Waals surface area contributed by atoms with Crippen molar-refractivity contribution in [1.82, 2.24) is 9.97 Å². The SMILES string of the molecule is O=c1[nH]cnc2sc3ccc(CCO)cc3c12. The first-order valence-corrected chi connectivity index (χ1v) is 6.11. The highest BCUT2D eigenvalue weighted by Crippen LogP contribution is 2.30. The van der Waals surface area contributed by atoms with Crippen LogP contribution in [-0.4, -0.2) is 21.7 Å². The van der Waals surface area contributed by atoms with Crippen molar-refractivity contribution in [3.63, 3.8) is 0 Å². The molecule has 3 rings (SSSR count). The van der Waals surface area contributed by atoms with Crippen molar-refractivity contribution >= 4 is 31.6 Å². The molecular weight excluding hydrogens is 236 g/mol. The topological polar surface area (TPSA) is 66.0 Å². The van der Waals surface area contributed by atoms with Crippen molar-refractivity contribution in [3.8, 4) is 0 Å². The van der Waals surface area contributed by atoms with Crippen LogP contribution in [0, 0.1) is 0 Å². The van der Waals surface area contributed by atoms with E-state index in [0.717, 1.165) is 20.5 Å². The number of nitrogens with one attached hydrogen (secondary N) is 1. The third-order valence-corrected chi connectivity index (χ3v) is 3.82. The first-order chi connectivity index (χ1) is 8.29. The first kappa shape index (κ1) is 10.4. The molecule has 1 aromatic carbocycles. The maximum Gasteiger partial charge on any atom is 0.260 e. The quantitative estimate of drug-likeness (QED) is 0.723. The zero-order valence-electron chi connectivity index (χ0n) is 8.93. The lowest BCUT2D eigenvalue weighted by Crippen LogP contribution is -2.04. The highest BCUT2D eigenvalue weighted by atomic mass is 32.1. The number of aliphatic hydroxyl groups excluding tert-OH is 1. The predicted molar refractivity (Wildman–Crippen MR) is 68.5 cm³/mol. The third-order valence-electron chi connectivity index (χ3n) is 2.74. The zero-order chi connectivity index (χ0) is 11.8. The largest absolute Gasteiger partial charge is 0.396 e. The molecule has 0 radical (unpaired) electrons. The molecule has 5 heteroatoms. The van der Waals surface area contributed by atoms with Crippen LogP contribution in [0.25, 0.3) is 20.3 Å². The summed E-state index contributed by atoms with van der Waals surface area (Å²) in [6.07, 6.45) is 2.03. The summed E-state index contributed by atoms with van der Waals surface area (Å²) in [6, 6.07) is 5.91. The molecule has 2 heterocycles. The number of H-pyrrole nitrogens is 1. The van der Waals surface area contributed by atoms with Gasteiger partial charge in [-0.25, -0.2) is 4.98 Å². The number of hydrogen-bond acceptors (Lipinski definition) is 4. The van der Waals surface area contributed by atoms with Gasteiger partial charge in [-0.05, 0) is 24.1 Å². The number of rotatable bonds is 2. The van der Waals surface area contributed by atoms with E-state index in [4.69, 9.17) is 5.11 Å². The van der Waals surface area contributed by atoms with Crippen LogP contribution in [0.15, 0.2) is 29.3 Å². The molecule has 0 bridgehead atoms. The van der Waals surface area contributed by atoms with Gasteiger partial charge in [-0.2, -0.15) is 0 Å². The second-order valence-corrected chi connectivity index (χ2v) is 4.85. The minimum atomic E-state index is -0.109. The number of benzene rings is 1. The number of nitrogens with zero attached hydrogens (tertiary/aromatic N) is 1. The molecular formula is C12H10N2O2S. The van der Waals surface area contributed by atoms with Crippen LogP contribution >= 0.6 is 11.3 Å². The van der Waals surface area contributed by atoms with E-state index >= 15 is 0 Å². The monoisotopic (exact) mass is 246 g/mol. The Morgan fingerprint density at radius 2 is 2.29 bits per heavy atom. The average molecular weight is 246 g/mol. The fourth-order valence-corrected chi connectivity index (χ4v) is 2.97. The van der Waals surface area contributed by atoms with Gasteiger partial charge in [0.25, 0.3) is 5.56 Å². The Morgan fingerprint density at radius 1 is 1.41 bits per heavy atom. The van der Waals surface area contributed by atoms with Crippen molar-refractivity contribution in [1.29, 1.82) is 0 Å². The van der Waals surface area contributed by atoms with Crippen LogP contribution in [0.4, 0.5) is 0 Å². The van der Waals surface area contributed by atoms with Crippen LogP contribution in [0.2, 0.25) is 0 Å². The van der Waals surface area contributed by atoms with Gasteiger partial charge in [0, 0.05) is 16.7 Å². The molecule has 0 atom stereocenters. The smallest absolute Gasteiger partial charge is 0.260 e. The summed E-state index contributed by atoms with van der Waals surface area (Å²) in [5.74, 6) is 0. The standard InChI is InChI=1S/C12H10N2O2S/c15-4-3-7-1-2-9-8(5-7)10-11(16)13-6-14-12(10)17-9/h1-2,5-6,15H,3-4H2,(H,13,14,16). The van der Waals surface area contributed by atoms with Crippen molar-refractivity contribution in [2.45, 2.75) is 6.42 Å². The van der Waals surface area contributed by atoms with Gasteiger partial charge in [0.05, 0.1) is 11.7 Å². The fraction of sp³-hybridized carbons (Fsp3) is 0.167. The summed E-state index contributed by atoms with van der Waals surface area (Å²) >= 11 is 1.51. The van der Waals surface area contributed by atoms with Gasteiger partial charge in [0.2, 0.25) is 0 Å². The Hall–Kier alpha value is -1.72. The minimum absolute atomic E-state index is 0.109. The molecule has 0 saturated carbocycles. The maximum absolute atomic E-state index is 11.8. The molecule has 0 aliphatic rings. The molecule has 4 nitrogen and oxygen atoms in total. The molecule has 0 unspecified atom stereocenters. The number of aromatic amines is 1. The van der Waals surface area contributed by atoms with E-state index in [1.54, 1.807) is 0 Å². The molecule has 17 heavy (non-hydrogen) atoms. The summed E-state index contributed by atoms with van der Waals surface area (Å²) in [6.45, 7) is 0.113. The second kappa shape index (κ2) is 3.94. The van der Waals surface area contributed by atoms with E-state index in [1.807, 2.05) is 18.2 Å². The average Bonchev–Trinajstić information content (AvgIpc) is 2.68. The molecule has 0 aliphatic heterocycles. The van der Waals surface area contributed by atoms with Gasteiger partial charge in [0.15, 0.2) is 0 Å². The molecule has 86 valence electrons. The number of thiophene rings is 1. The van der Waals surface area contributed by atoms with Gasteiger partial charge in [-0.1, -0.05) is 6.07 Å². The van der Waals surface area contributed by atoms with E-state index in [1.165, 1.54) is 17.7 Å². The fourth-order valence-electron chi connectivity index (χ4n) is 1.95. The van der Waals surface area contributed by atoms with Gasteiger partial charge in [0.1, 0.15) is 4.83 Å². The Balaban J connectivity index is 2.40. The highest BCUT2D eigenvalue weighted by molar-refractivity contribution is 7.25. The number of aliphatic hydroxyl groups is 1. The van der Waals surface area contributed by atoms with Crippen LogP contribution < -0.4 is 5.56 Å². The summed E-state index contributed by atoms with van der Waals surface area (Å²) in [4.78, 5) is 19.3. The number of aromatic nitrogens is 2. The zero-order valence-corrected chi connectivity index (χ0v) is 9.75. The number of fused-ring (bicyclic) bond motifs is 3. The molecule has 0 fully saturated rings. The van der Waals surface area contributed by atoms with Crippen LogP contribution in [0.5, 0.6) is 0 Å². The van der Waals surface area contributed by atoms with Crippen molar-refractivity contribution in [2.24, 2.45) is 0 Å². The molecule has 0 saturated heterocycles. The Kier molecular flexibility index (Phi) is 2.42. The molecule has 3 aromatic rings. The predicted octanol–water partition coefficient (Wildman–Crippen LogP) is 1.67. The normalized spacial score (nSPS) is 11.4. The van der Waals surface area contributed by atoms with E-state index in [2.05, 4.69) is 9.97 Å². The van der Waals surface area contributed by atoms with Crippen molar-refractivity contribution in [2.75, 3.05) is 6.61 Å². The van der Waals surface area contributed by atoms with Crippen LogP contribution in [0.1, 0.15) is 5.56 Å². The summed E-state index contributed by atoms with van der Waals surface area (Å²) < 4.78 is 1.05. The Bertz CT molecular complexity index is 745. The summed E-state index contributed by atoms with van der Waals surface area (Å²) in [5.41, 5.74) is 0.922. The second-order valence-electron chi connectivity index (χ2n) is 3.82. The van der Waals surface area contributed by atoms with Crippen molar-refractivity contribution < 1.29 is 5.11 Å². The van der Waals surface area contributed by atoms with E-state index in [9.17, 15) is 4.79 Å². The van der Waals surface area contributed by atoms with Crippen LogP contribution in [0.3, 0.4) is 0 Å². The third kappa shape index (κ3) is 1.64. The van der Waals surface area contributed by atoms with Crippen LogP contribution in [-0.2, 0) is 6.42 Å². The summed E-state index contributed by atoms with van der Waals surface area (Å²) in [5, 5.41) is 10.5. The number of hydrogen-bond donors (Lipinski definition) is 2. The van der Waals surface area contributed by atoms with Gasteiger partial charge in [-0.3, -0.25) is 4.79 Å². The Labute approximate surface area is 101 Å². The van der Waals surface area contributed by atoms with Gasteiger partial charge >= 0.3 is 0 Å². The van der Waals surface area contributed by atoms with Crippen molar-refractivity contribution in [3.05, 3.63) is 40.4 Å². The van der Waals surface area contributed by atoms with E-state index in [-0.39, 0.29) is 12.2 Å². The molecule has 0 amide bonds. The lowest BCUT2D eigenvalue weighted by Gasteiger charge is -1.97. The lowest BCUT2D eigenvalue weighted by atomic mass is 10.1. The van der Waals surface area contributed by atoms with E-state index in [0.29, 0.717) is 11.8 Å². The summed E-state index contributed by atoms with van der Waals surface area (Å²) in [7, 11) is 0.